The predicted octanol–water partition coefficient (Wildman–Crippen LogP) is 4.95. The number of likely N-dealkylation sites (tertiary alicyclic amines) is 1. The summed E-state index contributed by atoms with van der Waals surface area (Å²) in [4.78, 5) is 18.7. The van der Waals surface area contributed by atoms with E-state index in [1.807, 2.05) is 18.2 Å². The normalized spacial score (nSPS) is 20.8. The van der Waals surface area contributed by atoms with Crippen LogP contribution in [0.1, 0.15) is 31.2 Å². The summed E-state index contributed by atoms with van der Waals surface area (Å²) < 4.78 is 21.0. The topological polar surface area (TPSA) is 42.4 Å². The smallest absolute Gasteiger partial charge is 0.251 e. The summed E-state index contributed by atoms with van der Waals surface area (Å²) >= 11 is 0. The van der Waals surface area contributed by atoms with Gasteiger partial charge in [0.1, 0.15) is 11.8 Å². The van der Waals surface area contributed by atoms with Crippen molar-refractivity contribution in [2.24, 2.45) is 0 Å². The fraction of sp³-hybridized carbons (Fsp3) is 0.385. The minimum atomic E-state index is -1.26. The van der Waals surface area contributed by atoms with Gasteiger partial charge in [0.25, 0.3) is 5.91 Å². The summed E-state index contributed by atoms with van der Waals surface area (Å²) in [6.07, 6.45) is 4.35. The average Bonchev–Trinajstić information content (AvgIpc) is 3.34. The van der Waals surface area contributed by atoms with E-state index >= 15 is 4.39 Å². The van der Waals surface area contributed by atoms with Gasteiger partial charge in [0.2, 0.25) is 0 Å². The van der Waals surface area contributed by atoms with Crippen LogP contribution in [0.3, 0.4) is 0 Å². The molecule has 5 heteroatoms. The fourth-order valence-electron chi connectivity index (χ4n) is 4.71. The number of hydrogen-bond donors (Lipinski definition) is 0. The number of pyridine rings is 1. The number of ether oxygens (including phenoxy) is 1. The van der Waals surface area contributed by atoms with E-state index in [0.29, 0.717) is 39.0 Å². The van der Waals surface area contributed by atoms with E-state index in [-0.39, 0.29) is 12.0 Å². The van der Waals surface area contributed by atoms with Crippen molar-refractivity contribution >= 4 is 16.8 Å². The highest BCUT2D eigenvalue weighted by Gasteiger charge is 2.38. The summed E-state index contributed by atoms with van der Waals surface area (Å²) in [5.74, 6) is 0.0359. The molecule has 0 radical (unpaired) electrons. The number of fused-ring (bicyclic) bond motifs is 1. The summed E-state index contributed by atoms with van der Waals surface area (Å²) in [7, 11) is 0. The predicted molar refractivity (Wildman–Crippen MR) is 120 cm³/mol. The van der Waals surface area contributed by atoms with Gasteiger partial charge in [-0.25, -0.2) is 4.39 Å². The van der Waals surface area contributed by atoms with Gasteiger partial charge in [0.05, 0.1) is 5.52 Å². The van der Waals surface area contributed by atoms with E-state index < -0.39 is 5.67 Å². The monoisotopic (exact) mass is 418 g/mol. The van der Waals surface area contributed by atoms with Crippen LogP contribution in [-0.4, -0.2) is 47.3 Å². The second-order valence-electron chi connectivity index (χ2n) is 8.76. The molecule has 31 heavy (non-hydrogen) atoms. The number of benzene rings is 2. The number of hydrogen-bond acceptors (Lipinski definition) is 3. The third-order valence-corrected chi connectivity index (χ3v) is 6.59. The maximum Gasteiger partial charge on any atom is 0.251 e. The minimum absolute atomic E-state index is 0.0359. The molecule has 5 rings (SSSR count). The van der Waals surface area contributed by atoms with Crippen molar-refractivity contribution in [3.63, 3.8) is 0 Å². The molecule has 2 aliphatic heterocycles. The van der Waals surface area contributed by atoms with Crippen molar-refractivity contribution in [2.45, 2.75) is 43.9 Å². The third kappa shape index (κ3) is 4.33. The average molecular weight is 419 g/mol. The summed E-state index contributed by atoms with van der Waals surface area (Å²) in [5, 5.41) is 1.12. The molecular formula is C26H27FN2O2. The van der Waals surface area contributed by atoms with Crippen molar-refractivity contribution in [1.29, 1.82) is 0 Å². The molecule has 2 aromatic carbocycles. The van der Waals surface area contributed by atoms with E-state index in [2.05, 4.69) is 41.4 Å². The quantitative estimate of drug-likeness (QED) is 0.602. The molecule has 1 atom stereocenters. The molecule has 0 unspecified atom stereocenters. The largest absolute Gasteiger partial charge is 0.368 e. The molecule has 3 heterocycles. The van der Waals surface area contributed by atoms with Crippen LogP contribution in [0.15, 0.2) is 60.8 Å². The molecule has 2 aliphatic rings. The Bertz CT molecular complexity index is 1070. The number of carbonyl (C=O) groups is 1. The van der Waals surface area contributed by atoms with Crippen LogP contribution in [0.25, 0.3) is 22.0 Å². The Hall–Kier alpha value is -2.79. The molecule has 1 aromatic heterocycles. The van der Waals surface area contributed by atoms with Gasteiger partial charge in [0.15, 0.2) is 0 Å². The molecule has 2 saturated heterocycles. The van der Waals surface area contributed by atoms with E-state index in [1.165, 1.54) is 0 Å². The highest BCUT2D eigenvalue weighted by molar-refractivity contribution is 5.84. The van der Waals surface area contributed by atoms with Crippen molar-refractivity contribution in [3.05, 3.63) is 66.4 Å². The van der Waals surface area contributed by atoms with Crippen molar-refractivity contribution in [2.75, 3.05) is 19.7 Å². The molecule has 3 aromatic rings. The second kappa shape index (κ2) is 8.39. The van der Waals surface area contributed by atoms with Gasteiger partial charge in [-0.15, -0.1) is 0 Å². The zero-order valence-corrected chi connectivity index (χ0v) is 17.6. The molecule has 0 saturated carbocycles. The zero-order chi connectivity index (χ0) is 21.3. The van der Waals surface area contributed by atoms with E-state index in [0.717, 1.165) is 40.4 Å². The van der Waals surface area contributed by atoms with E-state index in [4.69, 9.17) is 4.74 Å². The molecule has 1 amide bonds. The lowest BCUT2D eigenvalue weighted by molar-refractivity contribution is -0.143. The molecule has 0 bridgehead atoms. The van der Waals surface area contributed by atoms with Crippen LogP contribution in [0.2, 0.25) is 0 Å². The summed E-state index contributed by atoms with van der Waals surface area (Å²) in [6, 6.07) is 18.4. The fourth-order valence-corrected chi connectivity index (χ4v) is 4.71. The van der Waals surface area contributed by atoms with Crippen molar-refractivity contribution < 1.29 is 13.9 Å². The molecule has 160 valence electrons. The molecule has 2 fully saturated rings. The van der Waals surface area contributed by atoms with Gasteiger partial charge < -0.3 is 9.64 Å². The van der Waals surface area contributed by atoms with Gasteiger partial charge in [0, 0.05) is 37.7 Å². The SMILES string of the molecule is O=C([C@H]1CCCO1)N1CCC(F)(Cc2ccc(-c3ccc4cccnc4c3)cc2)CC1. The Kier molecular flexibility index (Phi) is 5.45. The number of aromatic nitrogens is 1. The Morgan fingerprint density at radius 1 is 1.10 bits per heavy atom. The van der Waals surface area contributed by atoms with Crippen molar-refractivity contribution in [3.8, 4) is 11.1 Å². The molecule has 4 nitrogen and oxygen atoms in total. The van der Waals surface area contributed by atoms with Crippen molar-refractivity contribution in [1.82, 2.24) is 9.88 Å². The standard InChI is InChI=1S/C26H27FN2O2/c27-26(11-14-29(15-12-26)25(30)24-4-2-16-31-24)18-19-5-7-20(8-6-19)22-10-9-21-3-1-13-28-23(21)17-22/h1,3,5-10,13,17,24H,2,4,11-12,14-16,18H2/t24-/m1/s1. The van der Waals surface area contributed by atoms with Gasteiger partial charge in [-0.2, -0.15) is 0 Å². The maximum absolute atomic E-state index is 15.5. The van der Waals surface area contributed by atoms with Crippen LogP contribution >= 0.6 is 0 Å². The minimum Gasteiger partial charge on any atom is -0.368 e. The van der Waals surface area contributed by atoms with Crippen LogP contribution < -0.4 is 0 Å². The number of halogens is 1. The molecule has 0 aliphatic carbocycles. The lowest BCUT2D eigenvalue weighted by Gasteiger charge is -2.37. The first kappa shape index (κ1) is 20.1. The van der Waals surface area contributed by atoms with Crippen LogP contribution in [0.4, 0.5) is 4.39 Å². The van der Waals surface area contributed by atoms with Gasteiger partial charge >= 0.3 is 0 Å². The summed E-state index contributed by atoms with van der Waals surface area (Å²) in [6.45, 7) is 1.59. The van der Waals surface area contributed by atoms with Gasteiger partial charge in [-0.1, -0.05) is 42.5 Å². The Balaban J connectivity index is 1.22. The number of amides is 1. The molecule has 0 spiro atoms. The van der Waals surface area contributed by atoms with E-state index in [1.54, 1.807) is 11.1 Å². The highest BCUT2D eigenvalue weighted by atomic mass is 19.1. The van der Waals surface area contributed by atoms with Crippen LogP contribution in [-0.2, 0) is 16.0 Å². The maximum atomic E-state index is 15.5. The lowest BCUT2D eigenvalue weighted by atomic mass is 9.86. The van der Waals surface area contributed by atoms with Gasteiger partial charge in [-0.05, 0) is 54.5 Å². The second-order valence-corrected chi connectivity index (χ2v) is 8.76. The first-order valence-corrected chi connectivity index (χ1v) is 11.1. The zero-order valence-electron chi connectivity index (χ0n) is 17.6. The van der Waals surface area contributed by atoms with Crippen LogP contribution in [0.5, 0.6) is 0 Å². The number of rotatable bonds is 4. The lowest BCUT2D eigenvalue weighted by Crippen LogP contribution is -2.48. The van der Waals surface area contributed by atoms with E-state index in [9.17, 15) is 4.79 Å². The number of carbonyl (C=O) groups excluding carboxylic acids is 1. The third-order valence-electron chi connectivity index (χ3n) is 6.59. The Labute approximate surface area is 182 Å². The number of nitrogens with zero attached hydrogens (tertiary/aromatic N) is 2. The Morgan fingerprint density at radius 2 is 1.87 bits per heavy atom. The highest BCUT2D eigenvalue weighted by Crippen LogP contribution is 2.32. The molecular weight excluding hydrogens is 391 g/mol. The summed E-state index contributed by atoms with van der Waals surface area (Å²) in [5.41, 5.74) is 2.90. The first-order valence-electron chi connectivity index (χ1n) is 11.1. The first-order chi connectivity index (χ1) is 15.1. The number of piperidine rings is 1. The molecule has 0 N–H and O–H groups in total. The van der Waals surface area contributed by atoms with Gasteiger partial charge in [-0.3, -0.25) is 9.78 Å². The Morgan fingerprint density at radius 3 is 2.61 bits per heavy atom. The number of alkyl halides is 1. The van der Waals surface area contributed by atoms with Crippen LogP contribution in [0, 0.1) is 0 Å².